The molecule has 1 saturated carbocycles. The van der Waals surface area contributed by atoms with Crippen molar-refractivity contribution in [2.75, 3.05) is 12.3 Å². The molecule has 104 valence electrons. The molecule has 1 aromatic carbocycles. The summed E-state index contributed by atoms with van der Waals surface area (Å²) in [7, 11) is 0. The van der Waals surface area contributed by atoms with Crippen LogP contribution in [0.2, 0.25) is 5.02 Å². The molecular formula is C14H18ClNO2S. The number of hydrogen-bond donors (Lipinski definition) is 2. The van der Waals surface area contributed by atoms with Gasteiger partial charge in [0.2, 0.25) is 5.91 Å². The molecule has 0 aliphatic heterocycles. The van der Waals surface area contributed by atoms with Gasteiger partial charge in [-0.2, -0.15) is 0 Å². The minimum absolute atomic E-state index is 0.0102. The molecule has 1 aliphatic carbocycles. The van der Waals surface area contributed by atoms with Gasteiger partial charge >= 0.3 is 0 Å². The molecule has 3 nitrogen and oxygen atoms in total. The fourth-order valence-electron chi connectivity index (χ4n) is 2.26. The minimum atomic E-state index is -0.253. The van der Waals surface area contributed by atoms with E-state index < -0.39 is 0 Å². The maximum atomic E-state index is 11.7. The first kappa shape index (κ1) is 14.7. The molecule has 5 heteroatoms. The van der Waals surface area contributed by atoms with Gasteiger partial charge in [-0.05, 0) is 25.0 Å². The van der Waals surface area contributed by atoms with Crippen molar-refractivity contribution in [3.8, 4) is 0 Å². The van der Waals surface area contributed by atoms with Crippen molar-refractivity contribution in [3.63, 3.8) is 0 Å². The maximum absolute atomic E-state index is 11.7. The van der Waals surface area contributed by atoms with Gasteiger partial charge < -0.3 is 10.4 Å². The van der Waals surface area contributed by atoms with E-state index in [0.29, 0.717) is 17.3 Å². The number of hydrogen-bond acceptors (Lipinski definition) is 3. The molecule has 2 unspecified atom stereocenters. The second kappa shape index (κ2) is 7.17. The van der Waals surface area contributed by atoms with Crippen LogP contribution in [0, 0.1) is 5.92 Å². The Morgan fingerprint density at radius 2 is 2.21 bits per heavy atom. The highest BCUT2D eigenvalue weighted by molar-refractivity contribution is 8.00. The van der Waals surface area contributed by atoms with E-state index in [4.69, 9.17) is 11.6 Å². The van der Waals surface area contributed by atoms with Crippen molar-refractivity contribution in [3.05, 3.63) is 29.3 Å². The summed E-state index contributed by atoms with van der Waals surface area (Å²) < 4.78 is 0. The zero-order chi connectivity index (χ0) is 13.7. The molecule has 0 spiro atoms. The summed E-state index contributed by atoms with van der Waals surface area (Å²) in [5.74, 6) is 0.560. The fraction of sp³-hybridized carbons (Fsp3) is 0.500. The van der Waals surface area contributed by atoms with E-state index in [9.17, 15) is 9.90 Å². The van der Waals surface area contributed by atoms with Crippen LogP contribution in [-0.2, 0) is 4.79 Å². The molecule has 1 aliphatic rings. The molecule has 0 aromatic heterocycles. The molecular weight excluding hydrogens is 282 g/mol. The van der Waals surface area contributed by atoms with E-state index in [2.05, 4.69) is 5.32 Å². The number of carbonyl (C=O) groups is 1. The first-order valence-corrected chi connectivity index (χ1v) is 7.85. The first-order chi connectivity index (χ1) is 9.16. The van der Waals surface area contributed by atoms with Gasteiger partial charge in [0.05, 0.1) is 16.9 Å². The average Bonchev–Trinajstić information content (AvgIpc) is 2.81. The van der Waals surface area contributed by atoms with Gasteiger partial charge in [0, 0.05) is 17.4 Å². The monoisotopic (exact) mass is 299 g/mol. The lowest BCUT2D eigenvalue weighted by atomic mass is 10.1. The summed E-state index contributed by atoms with van der Waals surface area (Å²) >= 11 is 7.45. The molecule has 2 atom stereocenters. The van der Waals surface area contributed by atoms with Crippen LogP contribution in [0.4, 0.5) is 0 Å². The van der Waals surface area contributed by atoms with Crippen molar-refractivity contribution < 1.29 is 9.90 Å². The lowest BCUT2D eigenvalue weighted by Crippen LogP contribution is -2.33. The number of thioether (sulfide) groups is 1. The normalized spacial score (nSPS) is 22.4. The van der Waals surface area contributed by atoms with Gasteiger partial charge in [0.25, 0.3) is 0 Å². The number of nitrogens with one attached hydrogen (secondary N) is 1. The smallest absolute Gasteiger partial charge is 0.230 e. The van der Waals surface area contributed by atoms with Crippen LogP contribution in [0.15, 0.2) is 29.2 Å². The Morgan fingerprint density at radius 1 is 1.42 bits per heavy atom. The zero-order valence-electron chi connectivity index (χ0n) is 10.6. The van der Waals surface area contributed by atoms with Crippen molar-refractivity contribution in [1.82, 2.24) is 5.32 Å². The quantitative estimate of drug-likeness (QED) is 0.822. The van der Waals surface area contributed by atoms with Crippen LogP contribution in [0.25, 0.3) is 0 Å². The Bertz CT molecular complexity index is 441. The van der Waals surface area contributed by atoms with Crippen LogP contribution < -0.4 is 5.32 Å². The molecule has 2 rings (SSSR count). The van der Waals surface area contributed by atoms with Crippen molar-refractivity contribution >= 4 is 29.3 Å². The molecule has 0 heterocycles. The number of halogens is 1. The lowest BCUT2D eigenvalue weighted by molar-refractivity contribution is -0.118. The SMILES string of the molecule is O=C(CSc1ccccc1Cl)NCC1CCCC1O. The standard InChI is InChI=1S/C14H18ClNO2S/c15-11-5-1-2-7-13(11)19-9-14(18)16-8-10-4-3-6-12(10)17/h1-2,5,7,10,12,17H,3-4,6,8-9H2,(H,16,18). The van der Waals surface area contributed by atoms with Gasteiger partial charge in [-0.25, -0.2) is 0 Å². The highest BCUT2D eigenvalue weighted by Gasteiger charge is 2.25. The predicted molar refractivity (Wildman–Crippen MR) is 78.5 cm³/mol. The summed E-state index contributed by atoms with van der Waals surface area (Å²) in [6.07, 6.45) is 2.65. The second-order valence-electron chi connectivity index (χ2n) is 4.78. The van der Waals surface area contributed by atoms with Crippen molar-refractivity contribution in [2.45, 2.75) is 30.3 Å². The Labute approximate surface area is 122 Å². The summed E-state index contributed by atoms with van der Waals surface area (Å²) in [6, 6.07) is 7.49. The topological polar surface area (TPSA) is 49.3 Å². The summed E-state index contributed by atoms with van der Waals surface area (Å²) in [5, 5.41) is 13.2. The van der Waals surface area contributed by atoms with Gasteiger partial charge in [0.1, 0.15) is 0 Å². The third-order valence-corrected chi connectivity index (χ3v) is 4.89. The van der Waals surface area contributed by atoms with Crippen molar-refractivity contribution in [1.29, 1.82) is 0 Å². The van der Waals surface area contributed by atoms with E-state index in [-0.39, 0.29) is 17.9 Å². The molecule has 1 fully saturated rings. The summed E-state index contributed by atoms with van der Waals surface area (Å²) in [4.78, 5) is 12.7. The van der Waals surface area contributed by atoms with Crippen LogP contribution in [0.5, 0.6) is 0 Å². The largest absolute Gasteiger partial charge is 0.393 e. The number of aliphatic hydroxyl groups is 1. The number of aliphatic hydroxyl groups excluding tert-OH is 1. The number of amides is 1. The first-order valence-electron chi connectivity index (χ1n) is 6.49. The summed E-state index contributed by atoms with van der Waals surface area (Å²) in [5.41, 5.74) is 0. The van der Waals surface area contributed by atoms with E-state index in [1.165, 1.54) is 11.8 Å². The highest BCUT2D eigenvalue weighted by Crippen LogP contribution is 2.27. The third kappa shape index (κ3) is 4.41. The highest BCUT2D eigenvalue weighted by atomic mass is 35.5. The molecule has 0 radical (unpaired) electrons. The maximum Gasteiger partial charge on any atom is 0.230 e. The Balaban J connectivity index is 1.71. The Morgan fingerprint density at radius 3 is 2.89 bits per heavy atom. The van der Waals surface area contributed by atoms with Crippen LogP contribution in [-0.4, -0.2) is 29.4 Å². The molecule has 0 saturated heterocycles. The third-order valence-electron chi connectivity index (χ3n) is 3.38. The predicted octanol–water partition coefficient (Wildman–Crippen LogP) is 2.71. The average molecular weight is 300 g/mol. The van der Waals surface area contributed by atoms with Crippen molar-refractivity contribution in [2.24, 2.45) is 5.92 Å². The van der Waals surface area contributed by atoms with Crippen LogP contribution in [0.3, 0.4) is 0 Å². The van der Waals surface area contributed by atoms with Crippen LogP contribution >= 0.6 is 23.4 Å². The molecule has 2 N–H and O–H groups in total. The van der Waals surface area contributed by atoms with E-state index in [0.717, 1.165) is 24.2 Å². The van der Waals surface area contributed by atoms with Gasteiger partial charge in [0.15, 0.2) is 0 Å². The molecule has 0 bridgehead atoms. The molecule has 1 amide bonds. The Kier molecular flexibility index (Phi) is 5.55. The van der Waals surface area contributed by atoms with Gasteiger partial charge in [-0.3, -0.25) is 4.79 Å². The van der Waals surface area contributed by atoms with Gasteiger partial charge in [-0.1, -0.05) is 30.2 Å². The fourth-order valence-corrected chi connectivity index (χ4v) is 3.33. The lowest BCUT2D eigenvalue weighted by Gasteiger charge is -2.15. The minimum Gasteiger partial charge on any atom is -0.393 e. The van der Waals surface area contributed by atoms with Crippen LogP contribution in [0.1, 0.15) is 19.3 Å². The summed E-state index contributed by atoms with van der Waals surface area (Å²) in [6.45, 7) is 0.573. The number of carbonyl (C=O) groups excluding carboxylic acids is 1. The molecule has 1 aromatic rings. The van der Waals surface area contributed by atoms with Gasteiger partial charge in [-0.15, -0.1) is 11.8 Å². The second-order valence-corrected chi connectivity index (χ2v) is 6.21. The number of rotatable bonds is 5. The zero-order valence-corrected chi connectivity index (χ0v) is 12.2. The Hall–Kier alpha value is -0.710. The number of benzene rings is 1. The van der Waals surface area contributed by atoms with E-state index in [1.54, 1.807) is 0 Å². The van der Waals surface area contributed by atoms with E-state index in [1.807, 2.05) is 24.3 Å². The molecule has 19 heavy (non-hydrogen) atoms. The van der Waals surface area contributed by atoms with E-state index >= 15 is 0 Å².